The van der Waals surface area contributed by atoms with Crippen molar-refractivity contribution in [2.24, 2.45) is 5.10 Å². The third-order valence-electron chi connectivity index (χ3n) is 4.11. The topological polar surface area (TPSA) is 70.5 Å². The van der Waals surface area contributed by atoms with E-state index in [9.17, 15) is 4.79 Å². The molecule has 0 atom stereocenters. The second-order valence-corrected chi connectivity index (χ2v) is 6.48. The summed E-state index contributed by atoms with van der Waals surface area (Å²) in [4.78, 5) is 14.7. The van der Waals surface area contributed by atoms with Crippen molar-refractivity contribution in [2.75, 3.05) is 10.3 Å². The highest BCUT2D eigenvalue weighted by Crippen LogP contribution is 2.31. The summed E-state index contributed by atoms with van der Waals surface area (Å²) in [5.74, 6) is -0.124. The van der Waals surface area contributed by atoms with Crippen molar-refractivity contribution in [2.45, 2.75) is 13.5 Å². The lowest BCUT2D eigenvalue weighted by Crippen LogP contribution is -2.30. The van der Waals surface area contributed by atoms with Gasteiger partial charge in [-0.15, -0.1) is 10.2 Å². The highest BCUT2D eigenvalue weighted by atomic mass is 32.1. The fourth-order valence-electron chi connectivity index (χ4n) is 2.81. The number of amides is 1. The molecular formula is C18H15N5OS. The Kier molecular flexibility index (Phi) is 3.99. The fraction of sp³-hybridized carbons (Fsp3) is 0.111. The molecule has 1 aliphatic heterocycles. The molecule has 0 fully saturated rings. The predicted octanol–water partition coefficient (Wildman–Crippen LogP) is 3.21. The van der Waals surface area contributed by atoms with E-state index in [1.807, 2.05) is 55.5 Å². The van der Waals surface area contributed by atoms with E-state index in [0.717, 1.165) is 22.4 Å². The Labute approximate surface area is 148 Å². The zero-order valence-corrected chi connectivity index (χ0v) is 14.3. The first kappa shape index (κ1) is 15.5. The number of para-hydroxylation sites is 1. The van der Waals surface area contributed by atoms with Crippen LogP contribution in [-0.4, -0.2) is 21.8 Å². The number of carbonyl (C=O) groups excluding carboxylic acids is 1. The standard InChI is InChI=1S/C18H15N5OS/c1-12-6-2-3-7-13(12)10-23-15-9-5-4-8-14(15)16(17(23)24)20-22-18-21-19-11-25-18/h2-9,11H,10H2,1H3,(H,21,22). The molecule has 0 aliphatic carbocycles. The number of hydrogen-bond acceptors (Lipinski definition) is 6. The maximum absolute atomic E-state index is 13.0. The van der Waals surface area contributed by atoms with E-state index >= 15 is 0 Å². The van der Waals surface area contributed by atoms with Gasteiger partial charge in [0.1, 0.15) is 5.51 Å². The molecular weight excluding hydrogens is 334 g/mol. The van der Waals surface area contributed by atoms with Crippen LogP contribution in [0.15, 0.2) is 59.1 Å². The fourth-order valence-corrected chi connectivity index (χ4v) is 3.20. The smallest absolute Gasteiger partial charge is 0.279 e. The molecule has 6 nitrogen and oxygen atoms in total. The van der Waals surface area contributed by atoms with E-state index in [1.54, 1.807) is 10.4 Å². The maximum Gasteiger partial charge on any atom is 0.279 e. The van der Waals surface area contributed by atoms with Crippen LogP contribution in [-0.2, 0) is 11.3 Å². The van der Waals surface area contributed by atoms with Crippen LogP contribution in [0.3, 0.4) is 0 Å². The Morgan fingerprint density at radius 2 is 1.96 bits per heavy atom. The zero-order chi connectivity index (χ0) is 17.2. The summed E-state index contributed by atoms with van der Waals surface area (Å²) in [6.45, 7) is 2.56. The molecule has 0 unspecified atom stereocenters. The van der Waals surface area contributed by atoms with Gasteiger partial charge in [0.15, 0.2) is 5.71 Å². The third kappa shape index (κ3) is 2.89. The zero-order valence-electron chi connectivity index (χ0n) is 13.5. The molecule has 2 aromatic carbocycles. The van der Waals surface area contributed by atoms with Crippen molar-refractivity contribution in [1.82, 2.24) is 10.2 Å². The van der Waals surface area contributed by atoms with E-state index in [1.165, 1.54) is 11.3 Å². The molecule has 4 rings (SSSR count). The van der Waals surface area contributed by atoms with Gasteiger partial charge in [0.05, 0.1) is 12.2 Å². The number of carbonyl (C=O) groups is 1. The van der Waals surface area contributed by atoms with E-state index in [4.69, 9.17) is 0 Å². The van der Waals surface area contributed by atoms with E-state index in [2.05, 4.69) is 20.7 Å². The van der Waals surface area contributed by atoms with E-state index in [0.29, 0.717) is 17.4 Å². The van der Waals surface area contributed by atoms with Crippen LogP contribution in [0.1, 0.15) is 16.7 Å². The number of hydrazone groups is 1. The first-order valence-electron chi connectivity index (χ1n) is 7.79. The first-order chi connectivity index (χ1) is 12.2. The molecule has 124 valence electrons. The number of rotatable bonds is 4. The number of aryl methyl sites for hydroxylation is 1. The number of anilines is 2. The number of benzene rings is 2. The Morgan fingerprint density at radius 3 is 2.76 bits per heavy atom. The minimum absolute atomic E-state index is 0.124. The number of aromatic nitrogens is 2. The predicted molar refractivity (Wildman–Crippen MR) is 98.9 cm³/mol. The van der Waals surface area contributed by atoms with Gasteiger partial charge < -0.3 is 4.90 Å². The van der Waals surface area contributed by atoms with Crippen molar-refractivity contribution < 1.29 is 4.79 Å². The second kappa shape index (κ2) is 6.45. The van der Waals surface area contributed by atoms with Crippen molar-refractivity contribution in [1.29, 1.82) is 0 Å². The molecule has 0 bridgehead atoms. The quantitative estimate of drug-likeness (QED) is 0.734. The van der Waals surface area contributed by atoms with Gasteiger partial charge in [0, 0.05) is 5.56 Å². The van der Waals surface area contributed by atoms with Gasteiger partial charge in [-0.1, -0.05) is 53.8 Å². The largest absolute Gasteiger partial charge is 0.302 e. The summed E-state index contributed by atoms with van der Waals surface area (Å²) in [7, 11) is 0. The molecule has 2 heterocycles. The summed E-state index contributed by atoms with van der Waals surface area (Å²) in [5.41, 5.74) is 8.78. The van der Waals surface area contributed by atoms with Crippen molar-refractivity contribution in [3.8, 4) is 0 Å². The molecule has 0 radical (unpaired) electrons. The Bertz CT molecular complexity index is 952. The molecule has 25 heavy (non-hydrogen) atoms. The highest BCUT2D eigenvalue weighted by Gasteiger charge is 2.34. The summed E-state index contributed by atoms with van der Waals surface area (Å²) in [5, 5.41) is 12.5. The first-order valence-corrected chi connectivity index (χ1v) is 8.67. The Morgan fingerprint density at radius 1 is 1.16 bits per heavy atom. The summed E-state index contributed by atoms with van der Waals surface area (Å²) >= 11 is 1.33. The van der Waals surface area contributed by atoms with Crippen LogP contribution in [0.2, 0.25) is 0 Å². The summed E-state index contributed by atoms with van der Waals surface area (Å²) < 4.78 is 0. The lowest BCUT2D eigenvalue weighted by atomic mass is 10.1. The van der Waals surface area contributed by atoms with Gasteiger partial charge in [-0.3, -0.25) is 10.2 Å². The molecule has 1 N–H and O–H groups in total. The number of nitrogens with one attached hydrogen (secondary N) is 1. The number of hydrogen-bond donors (Lipinski definition) is 1. The molecule has 0 spiro atoms. The highest BCUT2D eigenvalue weighted by molar-refractivity contribution is 7.13. The van der Waals surface area contributed by atoms with Gasteiger partial charge in [0.25, 0.3) is 5.91 Å². The van der Waals surface area contributed by atoms with Crippen LogP contribution < -0.4 is 10.3 Å². The van der Waals surface area contributed by atoms with Crippen molar-refractivity contribution in [3.05, 3.63) is 70.7 Å². The van der Waals surface area contributed by atoms with Crippen molar-refractivity contribution in [3.63, 3.8) is 0 Å². The molecule has 1 amide bonds. The number of nitrogens with zero attached hydrogens (tertiary/aromatic N) is 4. The van der Waals surface area contributed by atoms with Gasteiger partial charge in [-0.25, -0.2) is 0 Å². The van der Waals surface area contributed by atoms with Gasteiger partial charge in [-0.2, -0.15) is 5.10 Å². The van der Waals surface area contributed by atoms with E-state index in [-0.39, 0.29) is 5.91 Å². The minimum Gasteiger partial charge on any atom is -0.302 e. The molecule has 0 saturated carbocycles. The van der Waals surface area contributed by atoms with Crippen LogP contribution in [0.4, 0.5) is 10.8 Å². The van der Waals surface area contributed by atoms with Crippen LogP contribution in [0.5, 0.6) is 0 Å². The third-order valence-corrected chi connectivity index (χ3v) is 4.71. The second-order valence-electron chi connectivity index (χ2n) is 5.65. The van der Waals surface area contributed by atoms with Gasteiger partial charge in [0.2, 0.25) is 5.13 Å². The average Bonchev–Trinajstić information content (AvgIpc) is 3.23. The van der Waals surface area contributed by atoms with E-state index < -0.39 is 0 Å². The minimum atomic E-state index is -0.124. The van der Waals surface area contributed by atoms with Crippen LogP contribution in [0.25, 0.3) is 0 Å². The lowest BCUT2D eigenvalue weighted by Gasteiger charge is -2.18. The molecule has 7 heteroatoms. The SMILES string of the molecule is Cc1ccccc1CN1C(=O)C(=NNc2nncs2)c2ccccc21. The number of fused-ring (bicyclic) bond motifs is 1. The Balaban J connectivity index is 1.69. The molecule has 3 aromatic rings. The normalized spacial score (nSPS) is 14.8. The van der Waals surface area contributed by atoms with Gasteiger partial charge in [-0.05, 0) is 24.1 Å². The summed E-state index contributed by atoms with van der Waals surface area (Å²) in [6.07, 6.45) is 0. The molecule has 1 aromatic heterocycles. The van der Waals surface area contributed by atoms with Crippen LogP contribution >= 0.6 is 11.3 Å². The summed E-state index contributed by atoms with van der Waals surface area (Å²) in [6, 6.07) is 15.8. The monoisotopic (exact) mass is 349 g/mol. The van der Waals surface area contributed by atoms with Crippen LogP contribution in [0, 0.1) is 6.92 Å². The van der Waals surface area contributed by atoms with Gasteiger partial charge >= 0.3 is 0 Å². The Hall–Kier alpha value is -3.06. The average molecular weight is 349 g/mol. The maximum atomic E-state index is 13.0. The molecule has 0 saturated heterocycles. The lowest BCUT2D eigenvalue weighted by molar-refractivity contribution is -0.112. The van der Waals surface area contributed by atoms with Crippen molar-refractivity contribution >= 4 is 33.8 Å². The molecule has 1 aliphatic rings.